The second kappa shape index (κ2) is 6.58. The average molecular weight is 332 g/mol. The zero-order valence-electron chi connectivity index (χ0n) is 13.7. The van der Waals surface area contributed by atoms with Gasteiger partial charge in [0, 0.05) is 18.4 Å². The number of hydrogen-bond acceptors (Lipinski definition) is 6. The van der Waals surface area contributed by atoms with E-state index in [1.807, 2.05) is 6.92 Å². The van der Waals surface area contributed by atoms with Crippen molar-refractivity contribution in [2.24, 2.45) is 5.41 Å². The predicted molar refractivity (Wildman–Crippen MR) is 91.8 cm³/mol. The molecule has 0 spiro atoms. The van der Waals surface area contributed by atoms with Crippen molar-refractivity contribution in [3.05, 3.63) is 42.1 Å². The van der Waals surface area contributed by atoms with E-state index in [0.717, 1.165) is 0 Å². The van der Waals surface area contributed by atoms with Gasteiger partial charge in [-0.3, -0.25) is 9.69 Å². The van der Waals surface area contributed by atoms with Crippen LogP contribution in [0.5, 0.6) is 0 Å². The maximum atomic E-state index is 12.6. The normalized spacial score (nSPS) is 19.3. The van der Waals surface area contributed by atoms with E-state index in [9.17, 15) is 10.1 Å². The molecule has 1 saturated heterocycles. The number of carbonyl (C=O) groups excluding carboxylic acids is 1. The molecule has 1 fully saturated rings. The van der Waals surface area contributed by atoms with Crippen LogP contribution >= 0.6 is 0 Å². The highest BCUT2D eigenvalue weighted by Gasteiger charge is 2.46. The molecule has 0 radical (unpaired) electrons. The quantitative estimate of drug-likeness (QED) is 0.922. The van der Waals surface area contributed by atoms with E-state index in [-0.39, 0.29) is 5.91 Å². The number of nitrogens with one attached hydrogen (secondary N) is 1. The van der Waals surface area contributed by atoms with Gasteiger partial charge in [0.05, 0.1) is 17.7 Å². The van der Waals surface area contributed by atoms with Crippen LogP contribution in [0.25, 0.3) is 0 Å². The molecule has 1 unspecified atom stereocenters. The number of aromatic nitrogens is 2. The van der Waals surface area contributed by atoms with Gasteiger partial charge in [-0.15, -0.1) is 0 Å². The lowest BCUT2D eigenvalue weighted by Gasteiger charge is -2.19. The molecule has 0 saturated carbocycles. The van der Waals surface area contributed by atoms with Crippen molar-refractivity contribution in [2.75, 3.05) is 16.8 Å². The maximum Gasteiger partial charge on any atom is 0.248 e. The first-order chi connectivity index (χ1) is 12.1. The van der Waals surface area contributed by atoms with E-state index in [0.29, 0.717) is 42.4 Å². The fraction of sp³-hybridized carbons (Fsp3) is 0.278. The average Bonchev–Trinajstić information content (AvgIpc) is 2.99. The molecule has 0 bridgehead atoms. The van der Waals surface area contributed by atoms with Crippen molar-refractivity contribution in [1.29, 1.82) is 10.5 Å². The monoisotopic (exact) mass is 332 g/mol. The van der Waals surface area contributed by atoms with Crippen LogP contribution in [0.1, 0.15) is 25.3 Å². The van der Waals surface area contributed by atoms with Crippen LogP contribution in [0.4, 0.5) is 17.5 Å². The molecule has 7 nitrogen and oxygen atoms in total. The summed E-state index contributed by atoms with van der Waals surface area (Å²) in [6.07, 6.45) is 2.54. The van der Waals surface area contributed by atoms with Gasteiger partial charge < -0.3 is 5.32 Å². The summed E-state index contributed by atoms with van der Waals surface area (Å²) in [5.74, 6) is 0.574. The molecule has 1 aliphatic heterocycles. The fourth-order valence-corrected chi connectivity index (χ4v) is 2.85. The van der Waals surface area contributed by atoms with E-state index >= 15 is 0 Å². The van der Waals surface area contributed by atoms with Gasteiger partial charge >= 0.3 is 0 Å². The van der Waals surface area contributed by atoms with Crippen molar-refractivity contribution in [2.45, 2.75) is 19.8 Å². The highest BCUT2D eigenvalue weighted by molar-refractivity contribution is 6.01. The Labute approximate surface area is 145 Å². The van der Waals surface area contributed by atoms with Crippen molar-refractivity contribution in [3.8, 4) is 12.1 Å². The third-order valence-corrected chi connectivity index (χ3v) is 4.40. The summed E-state index contributed by atoms with van der Waals surface area (Å²) in [5, 5.41) is 21.4. The second-order valence-electron chi connectivity index (χ2n) is 5.81. The van der Waals surface area contributed by atoms with Gasteiger partial charge in [0.2, 0.25) is 11.9 Å². The fourth-order valence-electron chi connectivity index (χ4n) is 2.85. The van der Waals surface area contributed by atoms with Gasteiger partial charge in [-0.2, -0.15) is 15.5 Å². The number of rotatable bonds is 4. The summed E-state index contributed by atoms with van der Waals surface area (Å²) in [5.41, 5.74) is 0.251. The van der Waals surface area contributed by atoms with Crippen LogP contribution in [-0.2, 0) is 4.79 Å². The Hall–Kier alpha value is -3.45. The summed E-state index contributed by atoms with van der Waals surface area (Å²) in [6.45, 7) is 2.31. The zero-order chi connectivity index (χ0) is 17.9. The van der Waals surface area contributed by atoms with Crippen molar-refractivity contribution >= 4 is 23.4 Å². The van der Waals surface area contributed by atoms with Gasteiger partial charge in [0.15, 0.2) is 0 Å². The van der Waals surface area contributed by atoms with Crippen LogP contribution in [0.15, 0.2) is 36.5 Å². The Morgan fingerprint density at radius 2 is 2.20 bits per heavy atom. The lowest BCUT2D eigenvalue weighted by molar-refractivity contribution is -0.123. The van der Waals surface area contributed by atoms with E-state index in [1.54, 1.807) is 36.5 Å². The number of amides is 1. The number of carbonyl (C=O) groups is 1. The molecule has 25 heavy (non-hydrogen) atoms. The number of benzene rings is 1. The molecule has 3 rings (SSSR count). The predicted octanol–water partition coefficient (Wildman–Crippen LogP) is 2.75. The molecule has 0 aliphatic carbocycles. The summed E-state index contributed by atoms with van der Waals surface area (Å²) >= 11 is 0. The topological polar surface area (TPSA) is 106 Å². The van der Waals surface area contributed by atoms with Crippen LogP contribution in [0, 0.1) is 28.1 Å². The Morgan fingerprint density at radius 3 is 2.88 bits per heavy atom. The molecule has 1 N–H and O–H groups in total. The largest absolute Gasteiger partial charge is 0.324 e. The van der Waals surface area contributed by atoms with Crippen LogP contribution in [0.2, 0.25) is 0 Å². The van der Waals surface area contributed by atoms with Crippen molar-refractivity contribution in [1.82, 2.24) is 9.97 Å². The van der Waals surface area contributed by atoms with Gasteiger partial charge in [0.1, 0.15) is 11.2 Å². The summed E-state index contributed by atoms with van der Waals surface area (Å²) in [7, 11) is 0. The summed E-state index contributed by atoms with van der Waals surface area (Å²) in [4.78, 5) is 22.7. The number of nitrogens with zero attached hydrogens (tertiary/aromatic N) is 5. The molecule has 1 atom stereocenters. The molecule has 1 aliphatic rings. The van der Waals surface area contributed by atoms with E-state index in [4.69, 9.17) is 5.26 Å². The number of nitriles is 2. The lowest BCUT2D eigenvalue weighted by atomic mass is 9.85. The second-order valence-corrected chi connectivity index (χ2v) is 5.81. The minimum absolute atomic E-state index is 0.214. The molecule has 1 amide bonds. The van der Waals surface area contributed by atoms with Crippen molar-refractivity contribution in [3.63, 3.8) is 0 Å². The third kappa shape index (κ3) is 3.00. The van der Waals surface area contributed by atoms with Crippen LogP contribution in [-0.4, -0.2) is 22.4 Å². The Balaban J connectivity index is 1.84. The SMILES string of the molecule is CCC1(C#N)CCN(c2ccnc(Nc3cccc(C#N)c3)n2)C1=O. The first-order valence-electron chi connectivity index (χ1n) is 7.95. The van der Waals surface area contributed by atoms with E-state index < -0.39 is 5.41 Å². The van der Waals surface area contributed by atoms with E-state index in [2.05, 4.69) is 27.4 Å². The lowest BCUT2D eigenvalue weighted by Crippen LogP contribution is -2.33. The molecular formula is C18H16N6O. The van der Waals surface area contributed by atoms with Gasteiger partial charge in [-0.1, -0.05) is 13.0 Å². The highest BCUT2D eigenvalue weighted by atomic mass is 16.2. The minimum atomic E-state index is -0.959. The molecule has 1 aromatic carbocycles. The molecule has 7 heteroatoms. The Bertz CT molecular complexity index is 897. The van der Waals surface area contributed by atoms with Gasteiger partial charge in [0.25, 0.3) is 0 Å². The summed E-state index contributed by atoms with van der Waals surface area (Å²) < 4.78 is 0. The van der Waals surface area contributed by atoms with Crippen LogP contribution < -0.4 is 10.2 Å². The molecular weight excluding hydrogens is 316 g/mol. The molecule has 2 aromatic rings. The number of anilines is 3. The Kier molecular flexibility index (Phi) is 4.32. The van der Waals surface area contributed by atoms with Gasteiger partial charge in [-0.05, 0) is 37.1 Å². The molecule has 2 heterocycles. The first-order valence-corrected chi connectivity index (χ1v) is 7.95. The zero-order valence-corrected chi connectivity index (χ0v) is 13.7. The molecule has 1 aromatic heterocycles. The highest BCUT2D eigenvalue weighted by Crippen LogP contribution is 2.36. The first kappa shape index (κ1) is 16.4. The third-order valence-electron chi connectivity index (χ3n) is 4.40. The maximum absolute atomic E-state index is 12.6. The van der Waals surface area contributed by atoms with Crippen molar-refractivity contribution < 1.29 is 4.79 Å². The minimum Gasteiger partial charge on any atom is -0.324 e. The van der Waals surface area contributed by atoms with Gasteiger partial charge in [-0.25, -0.2) is 4.98 Å². The summed E-state index contributed by atoms with van der Waals surface area (Å²) in [6, 6.07) is 12.8. The van der Waals surface area contributed by atoms with E-state index in [1.165, 1.54) is 4.90 Å². The smallest absolute Gasteiger partial charge is 0.248 e. The Morgan fingerprint density at radius 1 is 1.36 bits per heavy atom. The molecule has 124 valence electrons. The number of hydrogen-bond donors (Lipinski definition) is 1. The standard InChI is InChI=1S/C18H16N6O/c1-2-18(12-20)7-9-24(16(18)25)15-6-8-21-17(23-15)22-14-5-3-4-13(10-14)11-19/h3-6,8,10H,2,7,9H2,1H3,(H,21,22,23). The van der Waals surface area contributed by atoms with Crippen LogP contribution in [0.3, 0.4) is 0 Å².